The lowest BCUT2D eigenvalue weighted by Gasteiger charge is -2.50. The molecule has 42 atom stereocenters. The fourth-order valence-corrected chi connectivity index (χ4v) is 16.0. The Morgan fingerprint density at radius 2 is 0.440 bits per heavy atom. The Morgan fingerprint density at radius 1 is 0.259 bits per heavy atom. The number of rotatable bonds is 14. The summed E-state index contributed by atoms with van der Waals surface area (Å²) in [7, 11) is 0. The van der Waals surface area contributed by atoms with Crippen molar-refractivity contribution in [1.82, 2.24) is 0 Å². The van der Waals surface area contributed by atoms with Gasteiger partial charge in [-0.05, 0) is 46.5 Å². The second-order valence-electron chi connectivity index (χ2n) is 29.9. The number of esters is 2. The minimum absolute atomic E-state index is 0.510. The monoisotopic (exact) mass is 1660 g/mol. The predicted molar refractivity (Wildman–Crippen MR) is 374 cm³/mol. The molecule has 4 aromatic carbocycles. The van der Waals surface area contributed by atoms with E-state index in [0.717, 1.165) is 10.8 Å². The third kappa shape index (κ3) is 17.8. The maximum absolute atomic E-state index is 14.1. The van der Waals surface area contributed by atoms with E-state index >= 15 is 0 Å². The average Bonchev–Trinajstić information content (AvgIpc) is 0.770. The molecule has 0 aliphatic carbocycles. The molecule has 30 aliphatic rings. The Hall–Kier alpha value is -5.18. The molecule has 648 valence electrons. The number of carbonyl (C=O) groups excluding carboxylic acids is 2. The predicted octanol–water partition coefficient (Wildman–Crippen LogP) is -10.4. The van der Waals surface area contributed by atoms with Crippen molar-refractivity contribution in [3.8, 4) is 0 Å². The van der Waals surface area contributed by atoms with Crippen molar-refractivity contribution in [3.05, 3.63) is 96.1 Å². The number of fused-ring (bicyclic) bond motifs is 2. The van der Waals surface area contributed by atoms with Crippen molar-refractivity contribution in [2.45, 2.75) is 271 Å². The molecule has 4 aromatic rings. The third-order valence-electron chi connectivity index (χ3n) is 22.6. The molecule has 30 aliphatic heterocycles. The highest BCUT2D eigenvalue weighted by Gasteiger charge is 2.61. The van der Waals surface area contributed by atoms with Gasteiger partial charge in [-0.25, -0.2) is 0 Å². The number of hydrogen-bond acceptors (Lipinski definition) is 42. The van der Waals surface area contributed by atoms with E-state index in [1.165, 1.54) is 13.8 Å². The summed E-state index contributed by atoms with van der Waals surface area (Å²) in [6, 6.07) is 24.6. The zero-order valence-corrected chi connectivity index (χ0v) is 62.0. The molecule has 34 rings (SSSR count). The van der Waals surface area contributed by atoms with Gasteiger partial charge in [-0.1, -0.05) is 84.9 Å². The molecule has 0 unspecified atom stereocenters. The molecule has 0 amide bonds. The highest BCUT2D eigenvalue weighted by Crippen LogP contribution is 2.41. The normalized spacial score (nSPS) is 45.3. The minimum atomic E-state index is -2.34. The number of hydrogen-bond donors (Lipinski definition) is 22. The van der Waals surface area contributed by atoms with Gasteiger partial charge in [-0.15, -0.1) is 0 Å². The lowest BCUT2D eigenvalue weighted by Crippen LogP contribution is -2.69. The van der Waals surface area contributed by atoms with Crippen LogP contribution in [0.2, 0.25) is 0 Å². The number of aliphatic hydroxyl groups excluding tert-OH is 22. The van der Waals surface area contributed by atoms with Crippen LogP contribution in [-0.2, 0) is 94.9 Å². The van der Waals surface area contributed by atoms with E-state index in [1.54, 1.807) is 84.9 Å². The molecule has 0 saturated carbocycles. The molecule has 0 spiro atoms. The zero-order valence-electron chi connectivity index (χ0n) is 62.0. The molecular formula is C74H100O42. The third-order valence-corrected chi connectivity index (χ3v) is 22.6. The molecule has 42 nitrogen and oxygen atoms in total. The van der Waals surface area contributed by atoms with Gasteiger partial charge in [0.1, 0.15) is 209 Å². The number of carbonyl (C=O) groups is 2. The summed E-state index contributed by atoms with van der Waals surface area (Å²) < 4.78 is 107. The fraction of sp³-hybridized carbons (Fsp3) is 0.703. The molecule has 30 saturated heterocycles. The Kier molecular flexibility index (Phi) is 29.1. The Balaban J connectivity index is 0.788. The second kappa shape index (κ2) is 38.1. The van der Waals surface area contributed by atoms with E-state index < -0.39 is 322 Å². The SMILES string of the molecule is C[C@@H](C(=O)OC[C@H]1O[C@@H]2O[C@H]3[C@H](O)[C@@H](O)[C@@H](O[C@H]4[C@H](O)[C@@H](O)[C@@H](O[C@H]5[C@H](O)[C@@H](O)[C@@H](O[C@H]6[C@H](O)[C@@H](O)[C@@H](O[C@H]7[C@H](O)[C@@H](O)[C@@H](O[C@H]8[C@H](O)[C@@H](O)[C@@H](O[C@H]9[C@H](O)[C@@H](O)[C@@H](O[C@H]1[C@H](O)[C@H]2O)O[C@@H]9CO)O[C@@H]8CO)O[C@@H]7CO)O[C@@H]6COC(=O)[C@H](C)c1cccc2ccccc12)O[C@@H]5CO)O[C@@H]4CO)O[C@@H]3CO)c1cccc2ccccc12. The van der Waals surface area contributed by atoms with Crippen molar-refractivity contribution in [2.24, 2.45) is 0 Å². The van der Waals surface area contributed by atoms with Crippen LogP contribution in [0.15, 0.2) is 84.9 Å². The van der Waals surface area contributed by atoms with Gasteiger partial charge < -0.3 is 198 Å². The van der Waals surface area contributed by atoms with Crippen LogP contribution in [0.3, 0.4) is 0 Å². The van der Waals surface area contributed by atoms with E-state index in [2.05, 4.69) is 0 Å². The maximum Gasteiger partial charge on any atom is 0.313 e. The van der Waals surface area contributed by atoms with Crippen molar-refractivity contribution in [3.63, 3.8) is 0 Å². The largest absolute Gasteiger partial charge is 0.462 e. The highest BCUT2D eigenvalue weighted by molar-refractivity contribution is 5.92. The van der Waals surface area contributed by atoms with Crippen molar-refractivity contribution in [2.75, 3.05) is 52.9 Å². The molecular weight excluding hydrogens is 1560 g/mol. The summed E-state index contributed by atoms with van der Waals surface area (Å²) in [6.07, 6.45) is -85.2. The van der Waals surface area contributed by atoms with Crippen LogP contribution in [0.1, 0.15) is 36.8 Å². The Morgan fingerprint density at radius 3 is 0.647 bits per heavy atom. The van der Waals surface area contributed by atoms with E-state index in [1.807, 2.05) is 0 Å². The first-order chi connectivity index (χ1) is 55.5. The molecule has 16 bridgehead atoms. The number of ether oxygens (including phenoxy) is 18. The number of aliphatic hydroxyl groups is 22. The molecule has 22 N–H and O–H groups in total. The van der Waals surface area contributed by atoms with E-state index in [-0.39, 0.29) is 0 Å². The van der Waals surface area contributed by atoms with Crippen LogP contribution in [0.4, 0.5) is 0 Å². The lowest BCUT2D eigenvalue weighted by atomic mass is 9.94. The van der Waals surface area contributed by atoms with Gasteiger partial charge in [0.25, 0.3) is 0 Å². The summed E-state index contributed by atoms with van der Waals surface area (Å²) in [5, 5.41) is 257. The smallest absolute Gasteiger partial charge is 0.313 e. The first-order valence-electron chi connectivity index (χ1n) is 37.8. The Labute approximate surface area is 658 Å². The van der Waals surface area contributed by atoms with Crippen LogP contribution < -0.4 is 0 Å². The van der Waals surface area contributed by atoms with Gasteiger partial charge in [0.05, 0.1) is 51.5 Å². The van der Waals surface area contributed by atoms with Crippen LogP contribution in [0.25, 0.3) is 21.5 Å². The summed E-state index contributed by atoms with van der Waals surface area (Å²) in [5.41, 5.74) is 1.02. The van der Waals surface area contributed by atoms with Crippen molar-refractivity contribution < 1.29 is 207 Å². The van der Waals surface area contributed by atoms with Crippen molar-refractivity contribution in [1.29, 1.82) is 0 Å². The van der Waals surface area contributed by atoms with E-state index in [0.29, 0.717) is 21.9 Å². The van der Waals surface area contributed by atoms with Gasteiger partial charge in [-0.2, -0.15) is 0 Å². The quantitative estimate of drug-likeness (QED) is 0.0521. The average molecular weight is 1660 g/mol. The zero-order chi connectivity index (χ0) is 83.2. The summed E-state index contributed by atoms with van der Waals surface area (Å²) in [5.74, 6) is -3.83. The van der Waals surface area contributed by atoms with E-state index in [9.17, 15) is 122 Å². The summed E-state index contributed by atoms with van der Waals surface area (Å²) in [4.78, 5) is 28.2. The van der Waals surface area contributed by atoms with Crippen LogP contribution in [0.5, 0.6) is 0 Å². The Bertz CT molecular complexity index is 3590. The van der Waals surface area contributed by atoms with Gasteiger partial charge in [0, 0.05) is 0 Å². The van der Waals surface area contributed by atoms with E-state index in [4.69, 9.17) is 85.3 Å². The standard InChI is InChI=1S/C74H100O42/c1-25(29-15-7-11-27-9-3-5-13-31(27)29)65(97)99-23-39-63-47(87)55(95)73(107-39)113-61-37(21-79)103-69(51(91)43(61)83)109-57-33(17-75)102-68(50(90)42(57)82)112-60-36(20-78)106-72(54(94)46(60)86)116-64-40(24-100-66(98)26(2)30-16-8-12-28-10-4-6-14-32(28)30)108-74(56(96)48(64)88)114-62-38(22-80)104-70(52(92)44(62)84)110-58-34(18-76)101-67(49(89)41(58)81)111-59-35(19-77)105-71(115-63)53(93)45(59)85/h3-16,25-26,33-64,67-96H,17-24H2,1-2H3/t25-,26-,33-,34-,35-,36-,37-,38-,39-,40-,41-,42-,43-,44-,45-,46-,47-,48-,49-,50-,51-,52-,53-,54-,55-,56-,57-,58-,59-,60-,61-,62-,63-,64-,67-,68-,69-,70-,71-,72-,73-,74-/m1/s1. The maximum atomic E-state index is 14.1. The van der Waals surface area contributed by atoms with Crippen LogP contribution in [-0.4, -0.2) is 423 Å². The first-order valence-corrected chi connectivity index (χ1v) is 37.8. The number of benzene rings is 4. The molecule has 116 heavy (non-hydrogen) atoms. The topological polar surface area (TPSA) is 645 Å². The lowest BCUT2D eigenvalue weighted by molar-refractivity contribution is -0.404. The minimum Gasteiger partial charge on any atom is -0.462 e. The molecule has 30 fully saturated rings. The van der Waals surface area contributed by atoms with Crippen molar-refractivity contribution >= 4 is 33.5 Å². The van der Waals surface area contributed by atoms with Crippen LogP contribution >= 0.6 is 0 Å². The summed E-state index contributed by atoms with van der Waals surface area (Å²) >= 11 is 0. The first kappa shape index (κ1) is 88.6. The van der Waals surface area contributed by atoms with Gasteiger partial charge >= 0.3 is 11.9 Å². The summed E-state index contributed by atoms with van der Waals surface area (Å²) in [6.45, 7) is -5.56. The van der Waals surface area contributed by atoms with Gasteiger partial charge in [0.2, 0.25) is 0 Å². The molecule has 0 aromatic heterocycles. The van der Waals surface area contributed by atoms with Crippen LogP contribution in [0, 0.1) is 0 Å². The van der Waals surface area contributed by atoms with Gasteiger partial charge in [0.15, 0.2) is 50.3 Å². The van der Waals surface area contributed by atoms with Gasteiger partial charge in [-0.3, -0.25) is 9.59 Å². The molecule has 42 heteroatoms. The molecule has 0 radical (unpaired) electrons. The highest BCUT2D eigenvalue weighted by atomic mass is 16.8. The fourth-order valence-electron chi connectivity index (χ4n) is 16.0. The molecule has 30 heterocycles. The second-order valence-corrected chi connectivity index (χ2v) is 29.9.